The van der Waals surface area contributed by atoms with Gasteiger partial charge in [0.15, 0.2) is 0 Å². The van der Waals surface area contributed by atoms with Crippen molar-refractivity contribution in [1.82, 2.24) is 10.2 Å². The molecule has 7 heteroatoms. The fraction of sp³-hybridized carbons (Fsp3) is 0.750. The molecule has 1 aliphatic heterocycles. The van der Waals surface area contributed by atoms with E-state index in [1.54, 1.807) is 4.90 Å². The molecule has 0 aliphatic carbocycles. The number of piperidine rings is 1. The lowest BCUT2D eigenvalue weighted by Crippen LogP contribution is -2.54. The largest absolute Gasteiger partial charge is 0.481 e. The van der Waals surface area contributed by atoms with Gasteiger partial charge >= 0.3 is 18.0 Å². The summed E-state index contributed by atoms with van der Waals surface area (Å²) in [5.74, 6) is -2.25. The molecule has 19 heavy (non-hydrogen) atoms. The smallest absolute Gasteiger partial charge is 0.326 e. The van der Waals surface area contributed by atoms with Gasteiger partial charge in [-0.3, -0.25) is 4.79 Å². The molecule has 0 spiro atoms. The van der Waals surface area contributed by atoms with Crippen LogP contribution in [0, 0.1) is 5.92 Å². The van der Waals surface area contributed by atoms with E-state index in [1.807, 2.05) is 13.8 Å². The van der Waals surface area contributed by atoms with Crippen LogP contribution >= 0.6 is 0 Å². The van der Waals surface area contributed by atoms with Crippen LogP contribution in [0.25, 0.3) is 0 Å². The number of rotatable bonds is 4. The van der Waals surface area contributed by atoms with Gasteiger partial charge in [0, 0.05) is 12.6 Å². The summed E-state index contributed by atoms with van der Waals surface area (Å²) in [4.78, 5) is 35.0. The van der Waals surface area contributed by atoms with Gasteiger partial charge in [-0.1, -0.05) is 6.92 Å². The summed E-state index contributed by atoms with van der Waals surface area (Å²) in [7, 11) is 0. The first kappa shape index (κ1) is 15.3. The Kier molecular flexibility index (Phi) is 5.14. The number of amides is 2. The number of aliphatic carboxylic acids is 2. The molecule has 0 aromatic heterocycles. The Labute approximate surface area is 111 Å². The second-order valence-corrected chi connectivity index (χ2v) is 4.99. The number of nitrogens with one attached hydrogen (secondary N) is 1. The van der Waals surface area contributed by atoms with Crippen molar-refractivity contribution in [3.63, 3.8) is 0 Å². The van der Waals surface area contributed by atoms with Crippen molar-refractivity contribution < 1.29 is 24.6 Å². The number of nitrogens with zero attached hydrogens (tertiary/aromatic N) is 1. The monoisotopic (exact) mass is 272 g/mol. The standard InChI is InChI=1S/C12H20N2O5/c1-7-4-3-5-14(8(7)2)12(19)13-9(11(17)18)6-10(15)16/h7-9H,3-6H2,1-2H3,(H,13,19)(H,15,16)(H,17,18)/t7?,8?,9-/m1/s1. The number of carboxylic acid groups (broad SMARTS) is 2. The third kappa shape index (κ3) is 4.11. The minimum Gasteiger partial charge on any atom is -0.481 e. The first-order valence-electron chi connectivity index (χ1n) is 6.34. The fourth-order valence-corrected chi connectivity index (χ4v) is 2.23. The summed E-state index contributed by atoms with van der Waals surface area (Å²) >= 11 is 0. The van der Waals surface area contributed by atoms with E-state index in [9.17, 15) is 14.4 Å². The zero-order valence-corrected chi connectivity index (χ0v) is 11.1. The van der Waals surface area contributed by atoms with E-state index in [1.165, 1.54) is 0 Å². The zero-order valence-electron chi connectivity index (χ0n) is 11.1. The first-order valence-corrected chi connectivity index (χ1v) is 6.34. The topological polar surface area (TPSA) is 107 Å². The van der Waals surface area contributed by atoms with Gasteiger partial charge in [0.05, 0.1) is 6.42 Å². The number of carbonyl (C=O) groups is 3. The van der Waals surface area contributed by atoms with Gasteiger partial charge in [0.2, 0.25) is 0 Å². The van der Waals surface area contributed by atoms with Crippen molar-refractivity contribution in [2.75, 3.05) is 6.54 Å². The zero-order chi connectivity index (χ0) is 14.6. The van der Waals surface area contributed by atoms with Crippen molar-refractivity contribution >= 4 is 18.0 Å². The highest BCUT2D eigenvalue weighted by Crippen LogP contribution is 2.22. The molecule has 7 nitrogen and oxygen atoms in total. The second-order valence-electron chi connectivity index (χ2n) is 4.99. The van der Waals surface area contributed by atoms with Crippen LogP contribution in [0.3, 0.4) is 0 Å². The minimum atomic E-state index is -1.39. The Morgan fingerprint density at radius 3 is 2.47 bits per heavy atom. The normalized spacial score (nSPS) is 24.6. The van der Waals surface area contributed by atoms with Crippen LogP contribution in [0.2, 0.25) is 0 Å². The molecule has 3 N–H and O–H groups in total. The molecule has 1 heterocycles. The number of hydrogen-bond donors (Lipinski definition) is 3. The Morgan fingerprint density at radius 1 is 1.32 bits per heavy atom. The van der Waals surface area contributed by atoms with E-state index in [0.717, 1.165) is 12.8 Å². The van der Waals surface area contributed by atoms with Crippen molar-refractivity contribution in [3.8, 4) is 0 Å². The predicted molar refractivity (Wildman–Crippen MR) is 66.8 cm³/mol. The molecule has 108 valence electrons. The van der Waals surface area contributed by atoms with Gasteiger partial charge in [-0.2, -0.15) is 0 Å². The second kappa shape index (κ2) is 6.40. The lowest BCUT2D eigenvalue weighted by molar-refractivity contribution is -0.145. The third-order valence-electron chi connectivity index (χ3n) is 3.61. The highest BCUT2D eigenvalue weighted by molar-refractivity contribution is 5.86. The summed E-state index contributed by atoms with van der Waals surface area (Å²) in [6.07, 6.45) is 1.27. The van der Waals surface area contributed by atoms with E-state index < -0.39 is 30.4 Å². The fourth-order valence-electron chi connectivity index (χ4n) is 2.23. The molecule has 2 amide bonds. The molecular weight excluding hydrogens is 252 g/mol. The molecule has 1 fully saturated rings. The number of carbonyl (C=O) groups excluding carboxylic acids is 1. The van der Waals surface area contributed by atoms with Gasteiger partial charge in [-0.25, -0.2) is 9.59 Å². The van der Waals surface area contributed by atoms with Crippen LogP contribution in [0.15, 0.2) is 0 Å². The number of hydrogen-bond acceptors (Lipinski definition) is 3. The number of carboxylic acids is 2. The third-order valence-corrected chi connectivity index (χ3v) is 3.61. The quantitative estimate of drug-likeness (QED) is 0.700. The summed E-state index contributed by atoms with van der Waals surface area (Å²) in [6.45, 7) is 4.52. The molecule has 1 saturated heterocycles. The van der Waals surface area contributed by atoms with E-state index in [0.29, 0.717) is 12.5 Å². The van der Waals surface area contributed by atoms with Crippen LogP contribution in [-0.2, 0) is 9.59 Å². The Hall–Kier alpha value is -1.79. The van der Waals surface area contributed by atoms with Crippen molar-refractivity contribution in [2.24, 2.45) is 5.92 Å². The lowest BCUT2D eigenvalue weighted by Gasteiger charge is -2.38. The molecule has 0 radical (unpaired) electrons. The van der Waals surface area contributed by atoms with Crippen LogP contribution in [0.1, 0.15) is 33.1 Å². The summed E-state index contributed by atoms with van der Waals surface area (Å²) < 4.78 is 0. The molecule has 2 unspecified atom stereocenters. The molecule has 0 aromatic rings. The molecular formula is C12H20N2O5. The van der Waals surface area contributed by atoms with E-state index in [4.69, 9.17) is 10.2 Å². The highest BCUT2D eigenvalue weighted by atomic mass is 16.4. The van der Waals surface area contributed by atoms with Crippen LogP contribution in [0.4, 0.5) is 4.79 Å². The SMILES string of the molecule is CC1CCCN(C(=O)N[C@H](CC(=O)O)C(=O)O)C1C. The summed E-state index contributed by atoms with van der Waals surface area (Å²) in [5, 5.41) is 19.8. The molecule has 1 rings (SSSR count). The highest BCUT2D eigenvalue weighted by Gasteiger charge is 2.31. The summed E-state index contributed by atoms with van der Waals surface area (Å²) in [5.41, 5.74) is 0. The number of urea groups is 1. The minimum absolute atomic E-state index is 0.0213. The van der Waals surface area contributed by atoms with Crippen LogP contribution < -0.4 is 5.32 Å². The maximum absolute atomic E-state index is 12.0. The van der Waals surface area contributed by atoms with Gasteiger partial charge < -0.3 is 20.4 Å². The maximum Gasteiger partial charge on any atom is 0.326 e. The van der Waals surface area contributed by atoms with Gasteiger partial charge in [-0.15, -0.1) is 0 Å². The molecule has 1 aliphatic rings. The van der Waals surface area contributed by atoms with Crippen molar-refractivity contribution in [2.45, 2.75) is 45.2 Å². The molecule has 0 bridgehead atoms. The van der Waals surface area contributed by atoms with Crippen LogP contribution in [-0.4, -0.2) is 51.7 Å². The molecule has 0 saturated carbocycles. The van der Waals surface area contributed by atoms with Gasteiger partial charge in [0.25, 0.3) is 0 Å². The average Bonchev–Trinajstić information content (AvgIpc) is 2.31. The van der Waals surface area contributed by atoms with E-state index >= 15 is 0 Å². The Morgan fingerprint density at radius 2 is 1.95 bits per heavy atom. The maximum atomic E-state index is 12.0. The van der Waals surface area contributed by atoms with Gasteiger partial charge in [0.1, 0.15) is 6.04 Å². The first-order chi connectivity index (χ1) is 8.82. The van der Waals surface area contributed by atoms with Crippen molar-refractivity contribution in [1.29, 1.82) is 0 Å². The molecule has 3 atom stereocenters. The Bertz CT molecular complexity index is 371. The van der Waals surface area contributed by atoms with E-state index in [-0.39, 0.29) is 6.04 Å². The lowest BCUT2D eigenvalue weighted by atomic mass is 9.92. The number of likely N-dealkylation sites (tertiary alicyclic amines) is 1. The van der Waals surface area contributed by atoms with Gasteiger partial charge in [-0.05, 0) is 25.7 Å². The Balaban J connectivity index is 2.65. The van der Waals surface area contributed by atoms with E-state index in [2.05, 4.69) is 5.32 Å². The summed E-state index contributed by atoms with van der Waals surface area (Å²) in [6, 6.07) is -1.88. The van der Waals surface area contributed by atoms with Crippen LogP contribution in [0.5, 0.6) is 0 Å². The predicted octanol–water partition coefficient (Wildman–Crippen LogP) is 0.744. The molecule has 0 aromatic carbocycles. The van der Waals surface area contributed by atoms with Crippen molar-refractivity contribution in [3.05, 3.63) is 0 Å². The average molecular weight is 272 g/mol.